The maximum atomic E-state index is 6.08. The van der Waals surface area contributed by atoms with Crippen LogP contribution < -0.4 is 14.4 Å². The summed E-state index contributed by atoms with van der Waals surface area (Å²) in [5, 5.41) is 0. The Morgan fingerprint density at radius 3 is 1.63 bits per heavy atom. The van der Waals surface area contributed by atoms with Crippen LogP contribution in [0, 0.1) is 12.3 Å². The summed E-state index contributed by atoms with van der Waals surface area (Å²) in [6.07, 6.45) is 11.8. The normalized spacial score (nSPS) is 16.1. The highest BCUT2D eigenvalue weighted by atomic mass is 16.6. The second-order valence-corrected chi connectivity index (χ2v) is 14.6. The van der Waals surface area contributed by atoms with Gasteiger partial charge < -0.3 is 52.3 Å². The molecule has 0 spiro atoms. The van der Waals surface area contributed by atoms with E-state index in [0.717, 1.165) is 11.5 Å². The highest BCUT2D eigenvalue weighted by molar-refractivity contribution is 6.03. The van der Waals surface area contributed by atoms with Crippen LogP contribution in [0.3, 0.4) is 0 Å². The average Bonchev–Trinajstić information content (AvgIpc) is 3.51. The number of hydrogen-bond donors (Lipinski definition) is 0. The molecule has 12 heteroatoms. The third kappa shape index (κ3) is 13.7. The van der Waals surface area contributed by atoms with Gasteiger partial charge in [0.15, 0.2) is 5.71 Å². The van der Waals surface area contributed by atoms with Crippen molar-refractivity contribution in [2.75, 3.05) is 138 Å². The molecule has 0 fully saturated rings. The first-order chi connectivity index (χ1) is 27.6. The van der Waals surface area contributed by atoms with Crippen LogP contribution >= 0.6 is 0 Å². The van der Waals surface area contributed by atoms with E-state index in [9.17, 15) is 0 Å². The fourth-order valence-electron chi connectivity index (χ4n) is 6.95. The van der Waals surface area contributed by atoms with Crippen molar-refractivity contribution in [3.05, 3.63) is 71.5 Å². The number of benzene rings is 2. The molecule has 2 aromatic rings. The summed E-state index contributed by atoms with van der Waals surface area (Å²) in [6, 6.07) is 12.6. The lowest BCUT2D eigenvalue weighted by Gasteiger charge is -2.23. The van der Waals surface area contributed by atoms with E-state index >= 15 is 0 Å². The lowest BCUT2D eigenvalue weighted by molar-refractivity contribution is -0.401. The predicted molar refractivity (Wildman–Crippen MR) is 223 cm³/mol. The van der Waals surface area contributed by atoms with Gasteiger partial charge in [0.05, 0.1) is 97.9 Å². The molecule has 0 aliphatic carbocycles. The highest BCUT2D eigenvalue weighted by Crippen LogP contribution is 2.48. The number of likely N-dealkylation sites (N-methyl/N-ethyl adjacent to an activating group) is 1. The maximum absolute atomic E-state index is 6.08. The van der Waals surface area contributed by atoms with Crippen molar-refractivity contribution in [3.63, 3.8) is 0 Å². The molecular weight excluding hydrogens is 728 g/mol. The van der Waals surface area contributed by atoms with Gasteiger partial charge in [-0.1, -0.05) is 25.8 Å². The third-order valence-corrected chi connectivity index (χ3v) is 9.99. The van der Waals surface area contributed by atoms with Crippen LogP contribution in [0.4, 0.5) is 11.4 Å². The van der Waals surface area contributed by atoms with Crippen LogP contribution in [0.2, 0.25) is 0 Å². The topological polar surface area (TPSA) is 98.6 Å². The van der Waals surface area contributed by atoms with Gasteiger partial charge in [-0.25, -0.2) is 0 Å². The minimum absolute atomic E-state index is 0.212. The van der Waals surface area contributed by atoms with Gasteiger partial charge in [0.2, 0.25) is 5.69 Å². The van der Waals surface area contributed by atoms with Crippen molar-refractivity contribution >= 4 is 17.1 Å². The van der Waals surface area contributed by atoms with E-state index in [1.807, 2.05) is 12.1 Å². The van der Waals surface area contributed by atoms with Crippen LogP contribution in [-0.2, 0) is 48.7 Å². The summed E-state index contributed by atoms with van der Waals surface area (Å²) >= 11 is 0. The maximum Gasteiger partial charge on any atom is 0.209 e. The molecule has 0 atom stereocenters. The zero-order valence-electron chi connectivity index (χ0n) is 35.3. The summed E-state index contributed by atoms with van der Waals surface area (Å²) in [5.74, 6) is 4.08. The fraction of sp³-hybridized carbons (Fsp3) is 0.578. The molecular formula is C45H65N2O10+. The molecule has 57 heavy (non-hydrogen) atoms. The summed E-state index contributed by atoms with van der Waals surface area (Å²) in [5.41, 5.74) is 6.81. The van der Waals surface area contributed by atoms with E-state index < -0.39 is 0 Å². The van der Waals surface area contributed by atoms with Crippen molar-refractivity contribution in [1.82, 2.24) is 0 Å². The van der Waals surface area contributed by atoms with E-state index in [1.165, 1.54) is 33.9 Å². The van der Waals surface area contributed by atoms with Gasteiger partial charge in [-0.3, -0.25) is 0 Å². The minimum Gasteiger partial charge on any atom is -0.491 e. The molecule has 0 radical (unpaired) electrons. The van der Waals surface area contributed by atoms with Crippen molar-refractivity contribution in [2.45, 2.75) is 38.5 Å². The molecule has 12 nitrogen and oxygen atoms in total. The molecule has 0 bridgehead atoms. The molecule has 2 aliphatic heterocycles. The van der Waals surface area contributed by atoms with E-state index in [4.69, 9.17) is 53.8 Å². The number of hydrogen-bond acceptors (Lipinski definition) is 11. The second kappa shape index (κ2) is 24.2. The van der Waals surface area contributed by atoms with Crippen LogP contribution in [0.15, 0.2) is 60.3 Å². The molecule has 4 rings (SSSR count). The number of rotatable bonds is 29. The van der Waals surface area contributed by atoms with Crippen LogP contribution in [0.5, 0.6) is 11.5 Å². The summed E-state index contributed by atoms with van der Waals surface area (Å²) in [4.78, 5) is 2.27. The fourth-order valence-corrected chi connectivity index (χ4v) is 6.95. The minimum atomic E-state index is -0.215. The number of ether oxygens (including phenoxy) is 10. The summed E-state index contributed by atoms with van der Waals surface area (Å²) < 4.78 is 57.8. The van der Waals surface area contributed by atoms with Gasteiger partial charge in [-0.15, -0.1) is 6.42 Å². The van der Waals surface area contributed by atoms with Gasteiger partial charge >= 0.3 is 0 Å². The Labute approximate surface area is 340 Å². The van der Waals surface area contributed by atoms with Gasteiger partial charge in [-0.2, -0.15) is 4.58 Å². The number of allylic oxidation sites excluding steroid dienone is 4. The molecule has 0 amide bonds. The van der Waals surface area contributed by atoms with E-state index in [1.54, 1.807) is 7.11 Å². The predicted octanol–water partition coefficient (Wildman–Crippen LogP) is 5.71. The second-order valence-electron chi connectivity index (χ2n) is 14.6. The summed E-state index contributed by atoms with van der Waals surface area (Å²) in [7, 11) is 5.91. The van der Waals surface area contributed by atoms with E-state index in [0.29, 0.717) is 112 Å². The molecule has 314 valence electrons. The molecule has 2 aliphatic rings. The first kappa shape index (κ1) is 45.9. The van der Waals surface area contributed by atoms with Gasteiger partial charge in [0.1, 0.15) is 38.4 Å². The lowest BCUT2D eigenvalue weighted by atomic mass is 9.81. The Balaban J connectivity index is 1.20. The van der Waals surface area contributed by atoms with Crippen LogP contribution in [-0.4, -0.2) is 144 Å². The smallest absolute Gasteiger partial charge is 0.209 e. The van der Waals surface area contributed by atoms with Crippen LogP contribution in [0.1, 0.15) is 38.8 Å². The average molecular weight is 794 g/mol. The third-order valence-electron chi connectivity index (χ3n) is 9.99. The van der Waals surface area contributed by atoms with Crippen LogP contribution in [0.25, 0.3) is 0 Å². The zero-order valence-corrected chi connectivity index (χ0v) is 35.3. The quantitative estimate of drug-likeness (QED) is 0.0576. The molecule has 2 heterocycles. The highest BCUT2D eigenvalue weighted by Gasteiger charge is 2.43. The Bertz CT molecular complexity index is 1660. The van der Waals surface area contributed by atoms with E-state index in [-0.39, 0.29) is 10.8 Å². The molecule has 0 unspecified atom stereocenters. The van der Waals surface area contributed by atoms with Crippen molar-refractivity contribution in [1.29, 1.82) is 0 Å². The number of terminal acetylenes is 1. The standard InChI is InChI=1S/C45H65N2O10/c1-9-17-49-20-21-51-24-25-53-27-29-55-31-33-57-37-14-16-41-39(35-37)45(4,5)43(47(41)7)12-10-11-42-44(2,3)38-34-36(13-15-40(38)46(42)6)56-32-30-54-28-26-52-23-22-50-19-18-48-8/h1,10-16,34-35H,17-33H2,2-8H3/q+1. The van der Waals surface area contributed by atoms with Crippen molar-refractivity contribution in [3.8, 4) is 23.8 Å². The molecule has 0 saturated heterocycles. The first-order valence-electron chi connectivity index (χ1n) is 19.9. The molecule has 0 saturated carbocycles. The Morgan fingerprint density at radius 2 is 1.11 bits per heavy atom. The lowest BCUT2D eigenvalue weighted by Crippen LogP contribution is -2.26. The van der Waals surface area contributed by atoms with E-state index in [2.05, 4.69) is 99.7 Å². The monoisotopic (exact) mass is 793 g/mol. The van der Waals surface area contributed by atoms with Crippen molar-refractivity contribution < 1.29 is 51.9 Å². The molecule has 0 aromatic heterocycles. The summed E-state index contributed by atoms with van der Waals surface area (Å²) in [6.45, 7) is 17.5. The first-order valence-corrected chi connectivity index (χ1v) is 19.9. The SMILES string of the molecule is C#CCOCCOCCOCCOCCOc1ccc2c(c1)C(C)(C)/C(=C\C=C\C1=[N+](C)c3ccc(OCCOCCOCCOCCOC)cc3C1(C)C)N2C. The number of nitrogens with zero attached hydrogens (tertiary/aromatic N) is 2. The van der Waals surface area contributed by atoms with Crippen molar-refractivity contribution in [2.24, 2.45) is 0 Å². The molecule has 2 aromatic carbocycles. The number of anilines is 1. The Hall–Kier alpha value is -3.77. The number of methoxy groups -OCH3 is 1. The zero-order chi connectivity index (χ0) is 40.9. The van der Waals surface area contributed by atoms with Gasteiger partial charge in [0, 0.05) is 48.7 Å². The van der Waals surface area contributed by atoms with Gasteiger partial charge in [-0.05, 0) is 55.8 Å². The largest absolute Gasteiger partial charge is 0.491 e. The van der Waals surface area contributed by atoms with Gasteiger partial charge in [0.25, 0.3) is 0 Å². The molecule has 0 N–H and O–H groups in total. The Morgan fingerprint density at radius 1 is 0.632 bits per heavy atom. The Kier molecular flexibility index (Phi) is 19.5. The number of fused-ring (bicyclic) bond motifs is 2.